The van der Waals surface area contributed by atoms with Gasteiger partial charge in [-0.2, -0.15) is 0 Å². The van der Waals surface area contributed by atoms with Crippen molar-refractivity contribution in [3.05, 3.63) is 36.0 Å². The molecule has 1 amide bonds. The molecule has 322 valence electrons. The fourth-order valence-electron chi connectivity index (χ4n) is 8.66. The summed E-state index contributed by atoms with van der Waals surface area (Å²) in [4.78, 5) is 57.7. The number of carbonyl (C=O) groups excluding carboxylic acids is 4. The van der Waals surface area contributed by atoms with Crippen LogP contribution in [0.15, 0.2) is 36.0 Å². The van der Waals surface area contributed by atoms with E-state index < -0.39 is 122 Å². The zero-order valence-corrected chi connectivity index (χ0v) is 34.7. The fraction of sp³-hybridized carbons (Fsp3) is 0.773. The molecule has 0 aromatic carbocycles. The van der Waals surface area contributed by atoms with Crippen molar-refractivity contribution < 1.29 is 67.8 Å². The minimum absolute atomic E-state index is 0.0991. The molecule has 4 rings (SSSR count). The molecule has 1 aliphatic carbocycles. The van der Waals surface area contributed by atoms with Crippen molar-refractivity contribution in [2.24, 2.45) is 29.6 Å². The summed E-state index contributed by atoms with van der Waals surface area (Å²) in [5.41, 5.74) is 1.12. The SMILES string of the molecule is [2H]C12CC([2H])([2H])C([2H])([2H])C([2H])([2H])N1C(=O)C(=O)[C@]1(O)O[C@H]([C@@H](OC)C[C@@H](C)C/C(C)=C/[C@@H](CC=C)C(=O)C[C@H](O)[C@@H](C)[C@@H](/C(C)=C/[C@@H]3CC[C@@H](O)[C@H](OC)C3)OC2=O)[C@@H](OC)C[C@H]1C. The maximum absolute atomic E-state index is 14.8. The summed E-state index contributed by atoms with van der Waals surface area (Å²) < 4.78 is 91.0. The largest absolute Gasteiger partial charge is 0.456 e. The number of piperidine rings is 1. The zero-order chi connectivity index (χ0) is 48.5. The van der Waals surface area contributed by atoms with E-state index in [1.165, 1.54) is 35.2 Å². The molecule has 2 bridgehead atoms. The maximum atomic E-state index is 14.8. The molecule has 4 aliphatic rings. The summed E-state index contributed by atoms with van der Waals surface area (Å²) in [5, 5.41) is 34.4. The highest BCUT2D eigenvalue weighted by Crippen LogP contribution is 2.39. The predicted molar refractivity (Wildman–Crippen MR) is 213 cm³/mol. The number of allylic oxidation sites excluding steroid dienone is 4. The van der Waals surface area contributed by atoms with Gasteiger partial charge in [0.2, 0.25) is 5.79 Å². The van der Waals surface area contributed by atoms with Crippen LogP contribution in [0.25, 0.3) is 0 Å². The standard InChI is InChI=1S/C44H69NO12/c1-10-13-31-19-25(2)18-26(3)20-37(54-8)40-38(55-9)22-28(5)44(52,57-40)41(49)42(50)45-17-12-11-14-32(45)43(51)56-39(29(6)34(47)24-35(31)48)27(4)21-30-15-16-33(46)36(23-30)53-7/h10,19,21,26,28-34,36-40,46-47,52H,1,11-18,20,22-24H2,2-9H3/b25-19+,27-21+/t26-,28+,29+,30-,31+,32?,33+,34-,36+,37-,38-,39+,40+,44+/m0/s1/i11D2,12D2,17D2,32D. The van der Waals surface area contributed by atoms with Crippen molar-refractivity contribution in [3.8, 4) is 0 Å². The maximum Gasteiger partial charge on any atom is 0.329 e. The number of ether oxygens (including phenoxy) is 5. The number of rotatable bonds is 7. The van der Waals surface area contributed by atoms with Crippen molar-refractivity contribution in [2.45, 2.75) is 160 Å². The number of methoxy groups -OCH3 is 3. The molecule has 3 fully saturated rings. The van der Waals surface area contributed by atoms with E-state index in [-0.39, 0.29) is 47.4 Å². The predicted octanol–water partition coefficient (Wildman–Crippen LogP) is 4.64. The molecule has 0 radical (unpaired) electrons. The first kappa shape index (κ1) is 37.2. The van der Waals surface area contributed by atoms with Crippen molar-refractivity contribution in [3.63, 3.8) is 0 Å². The van der Waals surface area contributed by atoms with Crippen LogP contribution in [0.5, 0.6) is 0 Å². The van der Waals surface area contributed by atoms with Crippen LogP contribution in [0.4, 0.5) is 0 Å². The second-order valence-corrected chi connectivity index (χ2v) is 16.4. The Morgan fingerprint density at radius 3 is 2.30 bits per heavy atom. The van der Waals surface area contributed by atoms with Gasteiger partial charge >= 0.3 is 5.97 Å². The molecular formula is C44H69NO12. The molecular weight excluding hydrogens is 734 g/mol. The monoisotopic (exact) mass is 811 g/mol. The molecule has 57 heavy (non-hydrogen) atoms. The van der Waals surface area contributed by atoms with Crippen molar-refractivity contribution in [1.29, 1.82) is 0 Å². The molecule has 0 spiro atoms. The number of ketones is 2. The number of cyclic esters (lactones) is 1. The lowest BCUT2D eigenvalue weighted by Gasteiger charge is -2.47. The minimum atomic E-state index is -3.92. The lowest BCUT2D eigenvalue weighted by molar-refractivity contribution is -0.302. The van der Waals surface area contributed by atoms with E-state index >= 15 is 0 Å². The number of hydrogen-bond acceptors (Lipinski definition) is 12. The Kier molecular flexibility index (Phi) is 13.7. The number of Topliss-reactive ketones (excluding diaryl/α,β-unsaturated/α-hetero) is 2. The van der Waals surface area contributed by atoms with Gasteiger partial charge in [0, 0.05) is 60.2 Å². The first-order valence-electron chi connectivity index (χ1n) is 23.5. The number of amides is 1. The molecule has 1 saturated carbocycles. The van der Waals surface area contributed by atoms with E-state index in [0.29, 0.717) is 25.7 Å². The Bertz CT molecular complexity index is 1800. The van der Waals surface area contributed by atoms with Gasteiger partial charge in [0.25, 0.3) is 11.7 Å². The molecule has 3 heterocycles. The topological polar surface area (TPSA) is 178 Å². The third-order valence-electron chi connectivity index (χ3n) is 12.0. The quantitative estimate of drug-likeness (QED) is 0.185. The van der Waals surface area contributed by atoms with Gasteiger partial charge in [0.15, 0.2) is 0 Å². The van der Waals surface area contributed by atoms with Crippen LogP contribution in [0.2, 0.25) is 0 Å². The average Bonchev–Trinajstić information content (AvgIpc) is 3.21. The average molecular weight is 811 g/mol. The van der Waals surface area contributed by atoms with Crippen LogP contribution in [0.1, 0.15) is 115 Å². The first-order chi connectivity index (χ1) is 29.6. The van der Waals surface area contributed by atoms with Gasteiger partial charge in [-0.25, -0.2) is 4.79 Å². The fourth-order valence-corrected chi connectivity index (χ4v) is 8.66. The molecule has 13 nitrogen and oxygen atoms in total. The third kappa shape index (κ3) is 11.3. The van der Waals surface area contributed by atoms with Gasteiger partial charge in [-0.3, -0.25) is 14.4 Å². The van der Waals surface area contributed by atoms with Gasteiger partial charge in [-0.1, -0.05) is 44.6 Å². The van der Waals surface area contributed by atoms with Gasteiger partial charge in [0.1, 0.15) is 24.0 Å². The van der Waals surface area contributed by atoms with Gasteiger partial charge < -0.3 is 43.9 Å². The second kappa shape index (κ2) is 21.0. The Morgan fingerprint density at radius 1 is 0.982 bits per heavy atom. The van der Waals surface area contributed by atoms with Gasteiger partial charge in [-0.05, 0) is 95.4 Å². The molecule has 14 atom stereocenters. The summed E-state index contributed by atoms with van der Waals surface area (Å²) in [6, 6.07) is -3.52. The molecule has 0 aromatic rings. The summed E-state index contributed by atoms with van der Waals surface area (Å²) in [6.07, 6.45) is -9.06. The molecule has 13 heteroatoms. The summed E-state index contributed by atoms with van der Waals surface area (Å²) in [6.45, 7) is 8.06. The number of carbonyl (C=O) groups is 4. The van der Waals surface area contributed by atoms with Crippen LogP contribution in [-0.2, 0) is 42.9 Å². The number of nitrogens with zero attached hydrogens (tertiary/aromatic N) is 1. The number of aliphatic hydroxyl groups is 3. The van der Waals surface area contributed by atoms with E-state index in [2.05, 4.69) is 6.58 Å². The molecule has 2 saturated heterocycles. The van der Waals surface area contributed by atoms with Gasteiger partial charge in [0.05, 0.1) is 31.9 Å². The van der Waals surface area contributed by atoms with Crippen molar-refractivity contribution in [2.75, 3.05) is 27.8 Å². The highest BCUT2D eigenvalue weighted by molar-refractivity contribution is 6.39. The van der Waals surface area contributed by atoms with E-state index in [1.54, 1.807) is 25.2 Å². The highest BCUT2D eigenvalue weighted by Gasteiger charge is 2.56. The third-order valence-corrected chi connectivity index (χ3v) is 12.0. The normalized spacial score (nSPS) is 46.7. The van der Waals surface area contributed by atoms with Crippen LogP contribution in [0, 0.1) is 29.6 Å². The molecule has 3 N–H and O–H groups in total. The van der Waals surface area contributed by atoms with Crippen LogP contribution in [-0.4, -0.2) is 126 Å². The Hall–Kier alpha value is -2.78. The summed E-state index contributed by atoms with van der Waals surface area (Å²) in [7, 11) is 4.22. The van der Waals surface area contributed by atoms with E-state index in [4.69, 9.17) is 31.9 Å². The minimum Gasteiger partial charge on any atom is -0.456 e. The summed E-state index contributed by atoms with van der Waals surface area (Å²) in [5.74, 6) is -12.7. The van der Waals surface area contributed by atoms with E-state index in [1.807, 2.05) is 13.8 Å². The molecule has 1 unspecified atom stereocenters. The van der Waals surface area contributed by atoms with E-state index in [0.717, 1.165) is 5.57 Å². The Balaban J connectivity index is 1.96. The molecule has 0 aromatic heterocycles. The Morgan fingerprint density at radius 2 is 1.65 bits per heavy atom. The smallest absolute Gasteiger partial charge is 0.329 e. The zero-order valence-electron chi connectivity index (χ0n) is 41.7. The summed E-state index contributed by atoms with van der Waals surface area (Å²) >= 11 is 0. The number of hydrogen-bond donors (Lipinski definition) is 3. The molecule has 3 aliphatic heterocycles. The number of aliphatic hydroxyl groups excluding tert-OH is 2. The van der Waals surface area contributed by atoms with Crippen molar-refractivity contribution >= 4 is 23.4 Å². The van der Waals surface area contributed by atoms with Crippen LogP contribution >= 0.6 is 0 Å². The number of esters is 1. The second-order valence-electron chi connectivity index (χ2n) is 16.4. The van der Waals surface area contributed by atoms with Gasteiger partial charge in [-0.15, -0.1) is 6.58 Å². The van der Waals surface area contributed by atoms with Crippen LogP contribution < -0.4 is 0 Å². The lowest BCUT2D eigenvalue weighted by Crippen LogP contribution is -2.64. The first-order valence-corrected chi connectivity index (χ1v) is 20.0. The lowest BCUT2D eigenvalue weighted by atomic mass is 9.81. The number of fused-ring (bicyclic) bond motifs is 3. The van der Waals surface area contributed by atoms with Crippen molar-refractivity contribution in [1.82, 2.24) is 4.90 Å². The van der Waals surface area contributed by atoms with E-state index in [9.17, 15) is 35.9 Å². The highest BCUT2D eigenvalue weighted by atomic mass is 16.7. The van der Waals surface area contributed by atoms with Crippen LogP contribution in [0.3, 0.4) is 0 Å². The Labute approximate surface area is 349 Å².